The standard InChI is InChI=1S/C20H23ClN4O/c1-24(2)19(17-13-25(3)18-7-5-4-6-16(17)18)12-22-20(26)23-15-10-8-14(21)9-11-15/h4-11,13,19H,12H2,1-3H3,(H2,22,23,26). The number of rotatable bonds is 5. The van der Waals surface area contributed by atoms with Crippen LogP contribution in [-0.4, -0.2) is 36.1 Å². The number of aryl methyl sites for hydroxylation is 1. The van der Waals surface area contributed by atoms with Crippen molar-refractivity contribution in [3.63, 3.8) is 0 Å². The van der Waals surface area contributed by atoms with Gasteiger partial charge in [0.25, 0.3) is 0 Å². The topological polar surface area (TPSA) is 49.3 Å². The monoisotopic (exact) mass is 370 g/mol. The smallest absolute Gasteiger partial charge is 0.319 e. The number of halogens is 1. The minimum atomic E-state index is -0.237. The van der Waals surface area contributed by atoms with E-state index >= 15 is 0 Å². The molecule has 0 spiro atoms. The number of nitrogens with zero attached hydrogens (tertiary/aromatic N) is 2. The number of benzene rings is 2. The van der Waals surface area contributed by atoms with Gasteiger partial charge >= 0.3 is 6.03 Å². The summed E-state index contributed by atoms with van der Waals surface area (Å²) in [6.45, 7) is 0.500. The molecule has 1 atom stereocenters. The highest BCUT2D eigenvalue weighted by Gasteiger charge is 2.20. The molecule has 0 saturated carbocycles. The maximum Gasteiger partial charge on any atom is 0.319 e. The van der Waals surface area contributed by atoms with Crippen LogP contribution in [0.2, 0.25) is 5.02 Å². The molecule has 5 nitrogen and oxygen atoms in total. The lowest BCUT2D eigenvalue weighted by molar-refractivity contribution is 0.243. The van der Waals surface area contributed by atoms with Crippen molar-refractivity contribution in [3.8, 4) is 0 Å². The number of likely N-dealkylation sites (N-methyl/N-ethyl adjacent to an activating group) is 1. The summed E-state index contributed by atoms with van der Waals surface area (Å²) in [5.41, 5.74) is 3.08. The minimum Gasteiger partial charge on any atom is -0.350 e. The SMILES string of the molecule is CN(C)C(CNC(=O)Nc1ccc(Cl)cc1)c1cn(C)c2ccccc12. The molecular formula is C20H23ClN4O. The average Bonchev–Trinajstić information content (AvgIpc) is 2.94. The molecule has 3 rings (SSSR count). The van der Waals surface area contributed by atoms with E-state index in [9.17, 15) is 4.79 Å². The van der Waals surface area contributed by atoms with E-state index in [0.29, 0.717) is 17.3 Å². The molecular weight excluding hydrogens is 348 g/mol. The second-order valence-corrected chi connectivity index (χ2v) is 6.97. The number of urea groups is 1. The maximum atomic E-state index is 12.2. The largest absolute Gasteiger partial charge is 0.350 e. The summed E-state index contributed by atoms with van der Waals surface area (Å²) in [5, 5.41) is 7.63. The molecule has 0 saturated heterocycles. The zero-order valence-electron chi connectivity index (χ0n) is 15.2. The number of aromatic nitrogens is 1. The first kappa shape index (κ1) is 18.3. The van der Waals surface area contributed by atoms with Crippen molar-refractivity contribution >= 4 is 34.2 Å². The predicted octanol–water partition coefficient (Wildman–Crippen LogP) is 4.26. The van der Waals surface area contributed by atoms with Crippen LogP contribution in [-0.2, 0) is 7.05 Å². The Morgan fingerprint density at radius 2 is 1.85 bits per heavy atom. The fourth-order valence-corrected chi connectivity index (χ4v) is 3.23. The number of hydrogen-bond donors (Lipinski definition) is 2. The summed E-state index contributed by atoms with van der Waals surface area (Å²) in [6.07, 6.45) is 2.13. The number of hydrogen-bond acceptors (Lipinski definition) is 2. The molecule has 136 valence electrons. The lowest BCUT2D eigenvalue weighted by atomic mass is 10.0. The molecule has 2 aromatic carbocycles. The molecule has 6 heteroatoms. The normalized spacial score (nSPS) is 12.3. The number of carbonyl (C=O) groups excluding carboxylic acids is 1. The molecule has 0 aliphatic carbocycles. The van der Waals surface area contributed by atoms with E-state index in [-0.39, 0.29) is 12.1 Å². The predicted molar refractivity (Wildman–Crippen MR) is 108 cm³/mol. The van der Waals surface area contributed by atoms with Gasteiger partial charge in [0, 0.05) is 41.4 Å². The molecule has 0 bridgehead atoms. The first-order chi connectivity index (χ1) is 12.5. The number of amides is 2. The van der Waals surface area contributed by atoms with E-state index in [2.05, 4.69) is 38.4 Å². The van der Waals surface area contributed by atoms with Gasteiger partial charge in [-0.3, -0.25) is 0 Å². The highest BCUT2D eigenvalue weighted by atomic mass is 35.5. The van der Waals surface area contributed by atoms with Crippen LogP contribution in [0, 0.1) is 0 Å². The van der Waals surface area contributed by atoms with E-state index < -0.39 is 0 Å². The van der Waals surface area contributed by atoms with Crippen LogP contribution >= 0.6 is 11.6 Å². The summed E-state index contributed by atoms with van der Waals surface area (Å²) >= 11 is 5.87. The van der Waals surface area contributed by atoms with Gasteiger partial charge in [-0.15, -0.1) is 0 Å². The van der Waals surface area contributed by atoms with E-state index in [1.807, 2.05) is 33.3 Å². The Morgan fingerprint density at radius 1 is 1.15 bits per heavy atom. The Morgan fingerprint density at radius 3 is 2.54 bits per heavy atom. The maximum absolute atomic E-state index is 12.2. The van der Waals surface area contributed by atoms with E-state index in [1.165, 1.54) is 16.5 Å². The molecule has 0 radical (unpaired) electrons. The van der Waals surface area contributed by atoms with Crippen LogP contribution in [0.4, 0.5) is 10.5 Å². The Balaban J connectivity index is 1.72. The van der Waals surface area contributed by atoms with Crippen molar-refractivity contribution in [1.29, 1.82) is 0 Å². The van der Waals surface area contributed by atoms with Crippen LogP contribution in [0.1, 0.15) is 11.6 Å². The van der Waals surface area contributed by atoms with Crippen molar-refractivity contribution in [2.24, 2.45) is 7.05 Å². The Kier molecular flexibility index (Phi) is 5.49. The molecule has 0 aliphatic rings. The van der Waals surface area contributed by atoms with Gasteiger partial charge in [0.1, 0.15) is 0 Å². The van der Waals surface area contributed by atoms with Gasteiger partial charge in [-0.2, -0.15) is 0 Å². The fraction of sp³-hybridized carbons (Fsp3) is 0.250. The molecule has 0 aliphatic heterocycles. The minimum absolute atomic E-state index is 0.0667. The van der Waals surface area contributed by atoms with E-state index in [4.69, 9.17) is 11.6 Å². The Hall–Kier alpha value is -2.50. The molecule has 2 amide bonds. The molecule has 1 aromatic heterocycles. The van der Waals surface area contributed by atoms with Crippen molar-refractivity contribution in [2.45, 2.75) is 6.04 Å². The van der Waals surface area contributed by atoms with Crippen LogP contribution in [0.5, 0.6) is 0 Å². The summed E-state index contributed by atoms with van der Waals surface area (Å²) in [7, 11) is 6.08. The molecule has 1 unspecified atom stereocenters. The third kappa shape index (κ3) is 4.00. The van der Waals surface area contributed by atoms with Gasteiger partial charge in [0.2, 0.25) is 0 Å². The number of anilines is 1. The van der Waals surface area contributed by atoms with Gasteiger partial charge in [0.05, 0.1) is 6.04 Å². The average molecular weight is 371 g/mol. The van der Waals surface area contributed by atoms with E-state index in [0.717, 1.165) is 0 Å². The zero-order chi connectivity index (χ0) is 18.7. The fourth-order valence-electron chi connectivity index (χ4n) is 3.11. The van der Waals surface area contributed by atoms with Gasteiger partial charge in [-0.25, -0.2) is 4.79 Å². The second kappa shape index (κ2) is 7.81. The highest BCUT2D eigenvalue weighted by molar-refractivity contribution is 6.30. The Labute approximate surface area is 158 Å². The third-order valence-corrected chi connectivity index (χ3v) is 4.72. The van der Waals surface area contributed by atoms with Gasteiger partial charge < -0.3 is 20.1 Å². The zero-order valence-corrected chi connectivity index (χ0v) is 15.9. The summed E-state index contributed by atoms with van der Waals surface area (Å²) in [4.78, 5) is 14.4. The van der Waals surface area contributed by atoms with Gasteiger partial charge in [0.15, 0.2) is 0 Å². The number of fused-ring (bicyclic) bond motifs is 1. The second-order valence-electron chi connectivity index (χ2n) is 6.53. The van der Waals surface area contributed by atoms with Crippen molar-refractivity contribution in [3.05, 3.63) is 65.3 Å². The number of nitrogens with one attached hydrogen (secondary N) is 2. The lowest BCUT2D eigenvalue weighted by Crippen LogP contribution is -2.36. The van der Waals surface area contributed by atoms with Gasteiger partial charge in [-0.05, 0) is 50.0 Å². The first-order valence-electron chi connectivity index (χ1n) is 8.46. The van der Waals surface area contributed by atoms with Crippen LogP contribution in [0.15, 0.2) is 54.7 Å². The molecule has 3 aromatic rings. The quantitative estimate of drug-likeness (QED) is 0.705. The molecule has 0 fully saturated rings. The van der Waals surface area contributed by atoms with Crippen molar-refractivity contribution in [2.75, 3.05) is 26.0 Å². The molecule has 26 heavy (non-hydrogen) atoms. The van der Waals surface area contributed by atoms with Crippen molar-refractivity contribution in [1.82, 2.24) is 14.8 Å². The first-order valence-corrected chi connectivity index (χ1v) is 8.84. The number of para-hydroxylation sites is 1. The third-order valence-electron chi connectivity index (χ3n) is 4.47. The molecule has 1 heterocycles. The Bertz CT molecular complexity index is 902. The summed E-state index contributed by atoms with van der Waals surface area (Å²) in [5.74, 6) is 0. The van der Waals surface area contributed by atoms with Crippen molar-refractivity contribution < 1.29 is 4.79 Å². The van der Waals surface area contributed by atoms with Crippen LogP contribution in [0.25, 0.3) is 10.9 Å². The van der Waals surface area contributed by atoms with Crippen LogP contribution in [0.3, 0.4) is 0 Å². The van der Waals surface area contributed by atoms with Gasteiger partial charge in [-0.1, -0.05) is 29.8 Å². The summed E-state index contributed by atoms with van der Waals surface area (Å²) < 4.78 is 2.12. The molecule has 2 N–H and O–H groups in total. The lowest BCUT2D eigenvalue weighted by Gasteiger charge is -2.24. The summed E-state index contributed by atoms with van der Waals surface area (Å²) in [6, 6.07) is 15.2. The van der Waals surface area contributed by atoms with Crippen LogP contribution < -0.4 is 10.6 Å². The number of carbonyl (C=O) groups is 1. The highest BCUT2D eigenvalue weighted by Crippen LogP contribution is 2.28. The van der Waals surface area contributed by atoms with E-state index in [1.54, 1.807) is 24.3 Å².